The zero-order valence-electron chi connectivity index (χ0n) is 6.47. The Labute approximate surface area is 72.9 Å². The van der Waals surface area contributed by atoms with E-state index in [1.807, 2.05) is 13.8 Å². The molecule has 0 aromatic heterocycles. The van der Waals surface area contributed by atoms with E-state index >= 15 is 0 Å². The molecule has 2 heteroatoms. The van der Waals surface area contributed by atoms with Gasteiger partial charge in [0, 0.05) is 23.1 Å². The van der Waals surface area contributed by atoms with E-state index < -0.39 is 0 Å². The number of allylic oxidation sites excluding steroid dienone is 4. The number of carbonyl (C=O) groups is 1. The van der Waals surface area contributed by atoms with Gasteiger partial charge in [0.2, 0.25) is 0 Å². The molecule has 56 valence electrons. The van der Waals surface area contributed by atoms with Gasteiger partial charge in [0.15, 0.2) is 0 Å². The summed E-state index contributed by atoms with van der Waals surface area (Å²) < 4.78 is 0. The average molecular weight is 175 g/mol. The van der Waals surface area contributed by atoms with Crippen LogP contribution in [0.5, 0.6) is 0 Å². The van der Waals surface area contributed by atoms with Crippen molar-refractivity contribution >= 4 is 5.78 Å². The smallest absolute Gasteiger partial charge is 0.0217 e. The van der Waals surface area contributed by atoms with Crippen LogP contribution in [0.3, 0.4) is 0 Å². The first-order chi connectivity index (χ1) is 4.16. The first-order valence-electron chi connectivity index (χ1n) is 2.86. The predicted octanol–water partition coefficient (Wildman–Crippen LogP) is 1.90. The summed E-state index contributed by atoms with van der Waals surface area (Å²) in [5.41, 5.74) is 1.02. The van der Waals surface area contributed by atoms with Crippen LogP contribution in [0.1, 0.15) is 20.8 Å². The fourth-order valence-corrected chi connectivity index (χ4v) is 0.468. The molecule has 1 nitrogen and oxygen atoms in total. The van der Waals surface area contributed by atoms with E-state index in [0.717, 1.165) is 5.57 Å². The van der Waals surface area contributed by atoms with Gasteiger partial charge in [-0.2, -0.15) is 6.08 Å². The molecule has 0 aliphatic carbocycles. The van der Waals surface area contributed by atoms with Crippen LogP contribution in [0.25, 0.3) is 0 Å². The normalized spacial score (nSPS) is 8.70. The first kappa shape index (κ1) is 12.4. The van der Waals surface area contributed by atoms with Crippen molar-refractivity contribution in [2.24, 2.45) is 0 Å². The number of hydrogen-bond donors (Lipinski definition) is 0. The molecule has 0 saturated carbocycles. The summed E-state index contributed by atoms with van der Waals surface area (Å²) >= 11 is 0. The van der Waals surface area contributed by atoms with Crippen LogP contribution < -0.4 is 0 Å². The van der Waals surface area contributed by atoms with Crippen LogP contribution in [-0.4, -0.2) is 5.78 Å². The molecule has 0 spiro atoms. The summed E-state index contributed by atoms with van der Waals surface area (Å²) in [7, 11) is 0. The average Bonchev–Trinajstić information content (AvgIpc) is 1.63. The first-order valence-corrected chi connectivity index (χ1v) is 2.86. The van der Waals surface area contributed by atoms with Crippen LogP contribution in [0.2, 0.25) is 0 Å². The second kappa shape index (κ2) is 6.80. The molecule has 0 rings (SSSR count). The maximum atomic E-state index is 10.7. The number of hydrogen-bond acceptors (Lipinski definition) is 1. The third kappa shape index (κ3) is 7.68. The van der Waals surface area contributed by atoms with Crippen molar-refractivity contribution < 1.29 is 22.2 Å². The third-order valence-corrected chi connectivity index (χ3v) is 0.718. The van der Waals surface area contributed by atoms with Gasteiger partial charge in [0.1, 0.15) is 0 Å². The van der Waals surface area contributed by atoms with Gasteiger partial charge in [-0.25, -0.2) is 0 Å². The Morgan fingerprint density at radius 2 is 1.90 bits per heavy atom. The summed E-state index contributed by atoms with van der Waals surface area (Å²) in [5, 5.41) is 0. The Bertz CT molecular complexity index is 153. The molecule has 0 atom stereocenters. The summed E-state index contributed by atoms with van der Waals surface area (Å²) in [5.74, 6) is 0.0116. The number of carbonyl (C=O) groups excluding carboxylic acids is 1. The van der Waals surface area contributed by atoms with Crippen LogP contribution >= 0.6 is 0 Å². The maximum absolute atomic E-state index is 10.7. The van der Waals surface area contributed by atoms with E-state index in [1.165, 1.54) is 6.08 Å². The molecule has 0 amide bonds. The molecule has 0 aromatic carbocycles. The predicted molar refractivity (Wildman–Crippen MR) is 37.9 cm³/mol. The molecule has 0 bridgehead atoms. The van der Waals surface area contributed by atoms with Gasteiger partial charge in [0.05, 0.1) is 0 Å². The minimum Gasteiger partial charge on any atom is -0.402 e. The Kier molecular flexibility index (Phi) is 8.41. The largest absolute Gasteiger partial charge is 0.402 e. The molecule has 0 unspecified atom stereocenters. The van der Waals surface area contributed by atoms with E-state index in [-0.39, 0.29) is 23.1 Å². The van der Waals surface area contributed by atoms with Gasteiger partial charge in [0.25, 0.3) is 0 Å². The molecule has 0 aromatic rings. The van der Waals surface area contributed by atoms with Gasteiger partial charge in [-0.3, -0.25) is 6.08 Å². The van der Waals surface area contributed by atoms with E-state index in [1.54, 1.807) is 13.0 Å². The summed E-state index contributed by atoms with van der Waals surface area (Å²) in [4.78, 5) is 10.7. The third-order valence-electron chi connectivity index (χ3n) is 0.718. The second-order valence-corrected chi connectivity index (χ2v) is 2.06. The van der Waals surface area contributed by atoms with Crippen molar-refractivity contribution in [3.8, 4) is 0 Å². The van der Waals surface area contributed by atoms with Crippen molar-refractivity contribution in [3.63, 3.8) is 0 Å². The maximum Gasteiger partial charge on any atom is 0.0217 e. The van der Waals surface area contributed by atoms with Crippen molar-refractivity contribution in [1.82, 2.24) is 0 Å². The van der Waals surface area contributed by atoms with Crippen molar-refractivity contribution in [1.29, 1.82) is 0 Å². The number of ketones is 1. The Balaban J connectivity index is 0. The molecule has 0 aliphatic heterocycles. The fourth-order valence-electron chi connectivity index (χ4n) is 0.468. The molecule has 0 saturated heterocycles. The van der Waals surface area contributed by atoms with Crippen LogP contribution in [-0.2, 0) is 22.2 Å². The Morgan fingerprint density at radius 1 is 1.40 bits per heavy atom. The molecule has 0 fully saturated rings. The Morgan fingerprint density at radius 3 is 2.20 bits per heavy atom. The molecule has 0 radical (unpaired) electrons. The standard InChI is InChI=1S/C8H11O.Cr/c1-4-5-8(9)6-7(2)3;/h5-6H,1-3H3;/q-1;. The summed E-state index contributed by atoms with van der Waals surface area (Å²) in [6, 6.07) is 0. The van der Waals surface area contributed by atoms with E-state index in [4.69, 9.17) is 0 Å². The van der Waals surface area contributed by atoms with Crippen molar-refractivity contribution in [3.05, 3.63) is 23.8 Å². The SMILES string of the molecule is C[C-]=CC(=O)C=C(C)C.[Cr]. The molecular formula is C8H11CrO-. The zero-order chi connectivity index (χ0) is 7.28. The van der Waals surface area contributed by atoms with Gasteiger partial charge in [-0.05, 0) is 13.8 Å². The monoisotopic (exact) mass is 175 g/mol. The zero-order valence-corrected chi connectivity index (χ0v) is 7.75. The van der Waals surface area contributed by atoms with Crippen LogP contribution in [0.4, 0.5) is 0 Å². The van der Waals surface area contributed by atoms with E-state index in [9.17, 15) is 4.79 Å². The van der Waals surface area contributed by atoms with E-state index in [0.29, 0.717) is 0 Å². The summed E-state index contributed by atoms with van der Waals surface area (Å²) in [6.07, 6.45) is 5.66. The van der Waals surface area contributed by atoms with E-state index in [2.05, 4.69) is 6.08 Å². The van der Waals surface area contributed by atoms with Gasteiger partial charge in [-0.1, -0.05) is 5.57 Å². The summed E-state index contributed by atoms with van der Waals surface area (Å²) in [6.45, 7) is 5.49. The fraction of sp³-hybridized carbons (Fsp3) is 0.375. The van der Waals surface area contributed by atoms with Crippen LogP contribution in [0, 0.1) is 6.08 Å². The van der Waals surface area contributed by atoms with Crippen LogP contribution in [0.15, 0.2) is 17.7 Å². The quantitative estimate of drug-likeness (QED) is 0.462. The van der Waals surface area contributed by atoms with Gasteiger partial charge >= 0.3 is 0 Å². The second-order valence-electron chi connectivity index (χ2n) is 2.06. The van der Waals surface area contributed by atoms with Gasteiger partial charge < -0.3 is 4.79 Å². The molecule has 0 N–H and O–H groups in total. The Hall–Kier alpha value is -0.318. The molecule has 0 heterocycles. The van der Waals surface area contributed by atoms with Crippen molar-refractivity contribution in [2.45, 2.75) is 20.8 Å². The van der Waals surface area contributed by atoms with Gasteiger partial charge in [-0.15, -0.1) is 13.0 Å². The molecular weight excluding hydrogens is 164 g/mol. The van der Waals surface area contributed by atoms with Crippen molar-refractivity contribution in [2.75, 3.05) is 0 Å². The minimum atomic E-state index is 0. The topological polar surface area (TPSA) is 17.1 Å². The minimum absolute atomic E-state index is 0. The molecule has 0 aliphatic rings. The molecule has 10 heavy (non-hydrogen) atoms. The number of rotatable bonds is 2.